The molecule has 0 bridgehead atoms. The van der Waals surface area contributed by atoms with Crippen LogP contribution in [0.15, 0.2) is 52.9 Å². The summed E-state index contributed by atoms with van der Waals surface area (Å²) >= 11 is 1.19. The van der Waals surface area contributed by atoms with Crippen LogP contribution in [0.3, 0.4) is 0 Å². The number of aromatic nitrogens is 1. The second-order valence-electron chi connectivity index (χ2n) is 7.90. The van der Waals surface area contributed by atoms with Crippen molar-refractivity contribution in [2.75, 3.05) is 27.6 Å². The Kier molecular flexibility index (Phi) is 5.13. The van der Waals surface area contributed by atoms with E-state index >= 15 is 0 Å². The van der Waals surface area contributed by atoms with Gasteiger partial charge in [0.2, 0.25) is 5.91 Å². The van der Waals surface area contributed by atoms with Crippen molar-refractivity contribution in [3.05, 3.63) is 64.9 Å². The maximum absolute atomic E-state index is 14.1. The van der Waals surface area contributed by atoms with Gasteiger partial charge in [-0.05, 0) is 61.2 Å². The summed E-state index contributed by atoms with van der Waals surface area (Å²) in [5, 5.41) is 1.98. The van der Waals surface area contributed by atoms with Gasteiger partial charge in [-0.2, -0.15) is 0 Å². The Hall–Kier alpha value is -2.98. The van der Waals surface area contributed by atoms with Crippen LogP contribution in [0.2, 0.25) is 0 Å². The van der Waals surface area contributed by atoms with Crippen molar-refractivity contribution in [1.82, 2.24) is 4.98 Å². The monoisotopic (exact) mass is 474 g/mol. The minimum Gasteiger partial charge on any atom is -0.359 e. The van der Waals surface area contributed by atoms with Crippen molar-refractivity contribution in [2.24, 2.45) is 0 Å². The van der Waals surface area contributed by atoms with Gasteiger partial charge in [0.25, 0.3) is 10.0 Å². The van der Waals surface area contributed by atoms with E-state index < -0.39 is 10.0 Å². The van der Waals surface area contributed by atoms with Crippen molar-refractivity contribution in [3.63, 3.8) is 0 Å². The summed E-state index contributed by atoms with van der Waals surface area (Å²) in [5.41, 5.74) is 3.12. The summed E-state index contributed by atoms with van der Waals surface area (Å²) in [6, 6.07) is 9.27. The highest BCUT2D eigenvalue weighted by atomic mass is 32.2. The molecule has 0 unspecified atom stereocenters. The predicted octanol–water partition coefficient (Wildman–Crippen LogP) is 3.81. The fourth-order valence-corrected chi connectivity index (χ4v) is 6.14. The first kappa shape index (κ1) is 20.9. The third-order valence-corrected chi connectivity index (χ3v) is 8.13. The Morgan fingerprint density at radius 3 is 2.72 bits per heavy atom. The van der Waals surface area contributed by atoms with E-state index in [0.29, 0.717) is 35.9 Å². The van der Waals surface area contributed by atoms with Gasteiger partial charge >= 0.3 is 0 Å². The minimum atomic E-state index is -3.75. The van der Waals surface area contributed by atoms with E-state index in [1.165, 1.54) is 35.7 Å². The first-order valence-corrected chi connectivity index (χ1v) is 12.6. The molecule has 1 amide bonds. The Labute approximate surface area is 191 Å². The maximum Gasteiger partial charge on any atom is 0.263 e. The number of nitrogens with zero attached hydrogens (tertiary/aromatic N) is 3. The molecule has 10 heteroatoms. The highest BCUT2D eigenvalue weighted by Crippen LogP contribution is 2.35. The standard InChI is InChI=1S/C22H21FN4O3S2.H2/c1-14-12-15-6-9-27(20(15)13-18(14)23)19-7-10-26(21(19)28)16-2-4-17(5-3-16)32(29,30)25-22-24-8-11-31-22;/h2-5,8,11-13,19H,6-7,9-10H2,1H3,(H,24,25);1H/t19-;/m0./s1. The molecule has 1 fully saturated rings. The van der Waals surface area contributed by atoms with Crippen LogP contribution >= 0.6 is 11.3 Å². The van der Waals surface area contributed by atoms with Crippen LogP contribution in [0.25, 0.3) is 0 Å². The van der Waals surface area contributed by atoms with Crippen molar-refractivity contribution in [1.29, 1.82) is 0 Å². The van der Waals surface area contributed by atoms with E-state index in [1.807, 2.05) is 11.0 Å². The van der Waals surface area contributed by atoms with E-state index in [0.717, 1.165) is 17.7 Å². The number of sulfonamides is 1. The van der Waals surface area contributed by atoms with Gasteiger partial charge in [-0.3, -0.25) is 9.52 Å². The number of halogens is 1. The molecule has 1 N–H and O–H groups in total. The first-order valence-electron chi connectivity index (χ1n) is 10.2. The highest BCUT2D eigenvalue weighted by molar-refractivity contribution is 7.93. The van der Waals surface area contributed by atoms with E-state index in [4.69, 9.17) is 0 Å². The Morgan fingerprint density at radius 2 is 2.00 bits per heavy atom. The lowest BCUT2D eigenvalue weighted by Gasteiger charge is -2.26. The van der Waals surface area contributed by atoms with Crippen LogP contribution in [-0.2, 0) is 21.2 Å². The molecule has 0 radical (unpaired) electrons. The lowest BCUT2D eigenvalue weighted by atomic mass is 10.1. The van der Waals surface area contributed by atoms with Gasteiger partial charge < -0.3 is 9.80 Å². The first-order chi connectivity index (χ1) is 15.3. The molecule has 1 aromatic heterocycles. The van der Waals surface area contributed by atoms with E-state index in [1.54, 1.807) is 29.3 Å². The van der Waals surface area contributed by atoms with Crippen LogP contribution in [-0.4, -0.2) is 38.4 Å². The van der Waals surface area contributed by atoms with Crippen LogP contribution in [0.5, 0.6) is 0 Å². The molecule has 1 saturated heterocycles. The summed E-state index contributed by atoms with van der Waals surface area (Å²) in [5.74, 6) is -0.323. The lowest BCUT2D eigenvalue weighted by molar-refractivity contribution is -0.118. The number of anilines is 3. The topological polar surface area (TPSA) is 82.6 Å². The number of rotatable bonds is 5. The molecule has 5 rings (SSSR count). The molecule has 32 heavy (non-hydrogen) atoms. The van der Waals surface area contributed by atoms with Gasteiger partial charge in [-0.25, -0.2) is 17.8 Å². The lowest BCUT2D eigenvalue weighted by Crippen LogP contribution is -2.41. The van der Waals surface area contributed by atoms with Crippen molar-refractivity contribution in [2.45, 2.75) is 30.7 Å². The molecule has 3 aromatic rings. The average molecular weight is 475 g/mol. The molecular formula is C22H23FN4O3S2. The Morgan fingerprint density at radius 1 is 1.22 bits per heavy atom. The minimum absolute atomic E-state index is 0. The molecule has 7 nitrogen and oxygen atoms in total. The van der Waals surface area contributed by atoms with Gasteiger partial charge in [0.05, 0.1) is 4.90 Å². The molecule has 1 atom stereocenters. The van der Waals surface area contributed by atoms with E-state index in [-0.39, 0.29) is 24.1 Å². The molecule has 0 spiro atoms. The smallest absolute Gasteiger partial charge is 0.263 e. The SMILES string of the molecule is Cc1cc2c(cc1F)N([C@H]1CCN(c3ccc(S(=O)(=O)Nc4nccs4)cc3)C1=O)CC2.[HH]. The number of nitrogens with one attached hydrogen (secondary N) is 1. The molecule has 2 aliphatic heterocycles. The zero-order valence-corrected chi connectivity index (χ0v) is 18.9. The fraction of sp³-hybridized carbons (Fsp3) is 0.273. The van der Waals surface area contributed by atoms with E-state index in [2.05, 4.69) is 9.71 Å². The number of benzene rings is 2. The number of carbonyl (C=O) groups is 1. The zero-order valence-electron chi connectivity index (χ0n) is 17.3. The summed E-state index contributed by atoms with van der Waals surface area (Å²) < 4.78 is 41.6. The van der Waals surface area contributed by atoms with Crippen molar-refractivity contribution < 1.29 is 19.0 Å². The number of aryl methyl sites for hydroxylation is 1. The summed E-state index contributed by atoms with van der Waals surface area (Å²) in [6.45, 7) is 2.95. The summed E-state index contributed by atoms with van der Waals surface area (Å²) in [4.78, 5) is 20.9. The summed E-state index contributed by atoms with van der Waals surface area (Å²) in [7, 11) is -3.75. The largest absolute Gasteiger partial charge is 0.359 e. The van der Waals surface area contributed by atoms with E-state index in [9.17, 15) is 17.6 Å². The number of carbonyl (C=O) groups excluding carboxylic acids is 1. The van der Waals surface area contributed by atoms with Gasteiger partial charge in [0, 0.05) is 37.5 Å². The van der Waals surface area contributed by atoms with Crippen molar-refractivity contribution >= 4 is 43.8 Å². The number of hydrogen-bond acceptors (Lipinski definition) is 6. The van der Waals surface area contributed by atoms with Gasteiger partial charge in [0.1, 0.15) is 11.9 Å². The predicted molar refractivity (Wildman–Crippen MR) is 124 cm³/mol. The molecule has 0 saturated carbocycles. The Balaban J connectivity index is 0.00000259. The fourth-order valence-electron chi connectivity index (χ4n) is 4.35. The second-order valence-corrected chi connectivity index (χ2v) is 10.5. The normalized spacial score (nSPS) is 18.3. The number of hydrogen-bond donors (Lipinski definition) is 1. The molecule has 0 aliphatic carbocycles. The maximum atomic E-state index is 14.1. The second kappa shape index (κ2) is 7.86. The highest BCUT2D eigenvalue weighted by Gasteiger charge is 2.39. The molecule has 2 aliphatic rings. The quantitative estimate of drug-likeness (QED) is 0.608. The zero-order chi connectivity index (χ0) is 22.5. The molecule has 2 aromatic carbocycles. The van der Waals surface area contributed by atoms with Crippen LogP contribution < -0.4 is 14.5 Å². The van der Waals surface area contributed by atoms with Gasteiger partial charge in [-0.15, -0.1) is 11.3 Å². The number of fused-ring (bicyclic) bond motifs is 1. The average Bonchev–Trinajstić information content (AvgIpc) is 3.49. The summed E-state index contributed by atoms with van der Waals surface area (Å²) in [6.07, 6.45) is 2.94. The third kappa shape index (κ3) is 3.63. The third-order valence-electron chi connectivity index (χ3n) is 5.96. The molecule has 3 heterocycles. The van der Waals surface area contributed by atoms with Crippen molar-refractivity contribution in [3.8, 4) is 0 Å². The molecule has 168 valence electrons. The van der Waals surface area contributed by atoms with Crippen LogP contribution in [0.1, 0.15) is 19.0 Å². The number of thiazole rings is 1. The number of amides is 1. The molecular weight excluding hydrogens is 451 g/mol. The van der Waals surface area contributed by atoms with Crippen LogP contribution in [0, 0.1) is 12.7 Å². The van der Waals surface area contributed by atoms with Crippen LogP contribution in [0.4, 0.5) is 20.9 Å². The van der Waals surface area contributed by atoms with Gasteiger partial charge in [0.15, 0.2) is 5.13 Å². The Bertz CT molecular complexity index is 1280. The van der Waals surface area contributed by atoms with Gasteiger partial charge in [-0.1, -0.05) is 6.07 Å².